The third-order valence-electron chi connectivity index (χ3n) is 3.84. The van der Waals surface area contributed by atoms with Gasteiger partial charge in [-0.15, -0.1) is 0 Å². The summed E-state index contributed by atoms with van der Waals surface area (Å²) in [6.45, 7) is 1.64. The first kappa shape index (κ1) is 13.2. The molecule has 0 unspecified atom stereocenters. The Labute approximate surface area is 127 Å². The fraction of sp³-hybridized carbons (Fsp3) is 0.429. The number of hydrogen-bond donors (Lipinski definition) is 1. The molecule has 1 aliphatic heterocycles. The highest BCUT2D eigenvalue weighted by Gasteiger charge is 2.16. The van der Waals surface area contributed by atoms with E-state index in [0.29, 0.717) is 0 Å². The fourth-order valence-electron chi connectivity index (χ4n) is 2.72. The minimum Gasteiger partial charge on any atom is -0.376 e. The maximum absolute atomic E-state index is 5.63. The van der Waals surface area contributed by atoms with Crippen molar-refractivity contribution in [1.29, 1.82) is 0 Å². The highest BCUT2D eigenvalue weighted by molar-refractivity contribution is 5.87. The van der Waals surface area contributed by atoms with Crippen molar-refractivity contribution < 1.29 is 4.74 Å². The van der Waals surface area contributed by atoms with Crippen LogP contribution in [-0.4, -0.2) is 42.2 Å². The molecule has 3 aromatic heterocycles. The first-order valence-electron chi connectivity index (χ1n) is 7.33. The molecule has 0 saturated carbocycles. The van der Waals surface area contributed by atoms with Gasteiger partial charge >= 0.3 is 0 Å². The summed E-state index contributed by atoms with van der Waals surface area (Å²) in [6, 6.07) is 0. The van der Waals surface area contributed by atoms with Gasteiger partial charge in [0, 0.05) is 19.9 Å². The summed E-state index contributed by atoms with van der Waals surface area (Å²) in [4.78, 5) is 8.52. The zero-order valence-corrected chi connectivity index (χ0v) is 12.3. The van der Waals surface area contributed by atoms with Gasteiger partial charge in [0.1, 0.15) is 12.1 Å². The van der Waals surface area contributed by atoms with E-state index in [2.05, 4.69) is 25.5 Å². The molecule has 8 heteroatoms. The van der Waals surface area contributed by atoms with Crippen LogP contribution in [0.15, 0.2) is 24.9 Å². The van der Waals surface area contributed by atoms with Crippen molar-refractivity contribution in [3.8, 4) is 0 Å². The molecule has 0 radical (unpaired) electrons. The Morgan fingerprint density at radius 2 is 2.27 bits per heavy atom. The van der Waals surface area contributed by atoms with Crippen LogP contribution in [0.2, 0.25) is 0 Å². The summed E-state index contributed by atoms with van der Waals surface area (Å²) in [6.07, 6.45) is 9.56. The highest BCUT2D eigenvalue weighted by atomic mass is 16.5. The SMILES string of the molecule is Cn1ncc2c(Nc3cnn(C[C@@H]4CCCO4)c3)ncnc21. The Morgan fingerprint density at radius 1 is 1.32 bits per heavy atom. The number of anilines is 2. The summed E-state index contributed by atoms with van der Waals surface area (Å²) < 4.78 is 9.26. The standard InChI is InChI=1S/C14H17N7O/c1-20-14-12(6-17-20)13(15-9-16-14)19-10-5-18-21(7-10)8-11-3-2-4-22-11/h5-7,9,11H,2-4,8H2,1H3,(H,15,16,19)/t11-/m0/s1. The largest absolute Gasteiger partial charge is 0.376 e. The smallest absolute Gasteiger partial charge is 0.163 e. The van der Waals surface area contributed by atoms with Crippen molar-refractivity contribution in [3.05, 3.63) is 24.9 Å². The molecule has 1 fully saturated rings. The van der Waals surface area contributed by atoms with E-state index < -0.39 is 0 Å². The minimum atomic E-state index is 0.275. The molecular formula is C14H17N7O. The third-order valence-corrected chi connectivity index (χ3v) is 3.84. The van der Waals surface area contributed by atoms with E-state index in [1.807, 2.05) is 17.9 Å². The van der Waals surface area contributed by atoms with Gasteiger partial charge in [0.25, 0.3) is 0 Å². The molecule has 1 saturated heterocycles. The van der Waals surface area contributed by atoms with E-state index in [9.17, 15) is 0 Å². The molecule has 1 atom stereocenters. The summed E-state index contributed by atoms with van der Waals surface area (Å²) in [5.41, 5.74) is 1.69. The maximum Gasteiger partial charge on any atom is 0.163 e. The lowest BCUT2D eigenvalue weighted by molar-refractivity contribution is 0.0940. The Morgan fingerprint density at radius 3 is 3.14 bits per heavy atom. The van der Waals surface area contributed by atoms with E-state index in [1.54, 1.807) is 17.1 Å². The lowest BCUT2D eigenvalue weighted by Crippen LogP contribution is -2.15. The first-order valence-corrected chi connectivity index (χ1v) is 7.33. The van der Waals surface area contributed by atoms with Gasteiger partial charge < -0.3 is 10.1 Å². The summed E-state index contributed by atoms with van der Waals surface area (Å²) in [5, 5.41) is 12.7. The number of nitrogens with zero attached hydrogens (tertiary/aromatic N) is 6. The Balaban J connectivity index is 1.54. The van der Waals surface area contributed by atoms with Crippen LogP contribution in [0.25, 0.3) is 11.0 Å². The maximum atomic E-state index is 5.63. The van der Waals surface area contributed by atoms with Gasteiger partial charge in [-0.2, -0.15) is 10.2 Å². The Hall–Kier alpha value is -2.48. The molecule has 0 aliphatic carbocycles. The second-order valence-corrected chi connectivity index (χ2v) is 5.44. The van der Waals surface area contributed by atoms with Crippen molar-refractivity contribution in [3.63, 3.8) is 0 Å². The van der Waals surface area contributed by atoms with Crippen LogP contribution >= 0.6 is 0 Å². The topological polar surface area (TPSA) is 82.7 Å². The second kappa shape index (κ2) is 5.38. The Bertz CT molecular complexity index is 787. The third kappa shape index (κ3) is 2.41. The average molecular weight is 299 g/mol. The molecule has 4 rings (SSSR count). The molecule has 4 heterocycles. The monoisotopic (exact) mass is 299 g/mol. The predicted molar refractivity (Wildman–Crippen MR) is 80.8 cm³/mol. The normalized spacial score (nSPS) is 18.1. The van der Waals surface area contributed by atoms with Gasteiger partial charge in [-0.25, -0.2) is 9.97 Å². The number of nitrogens with one attached hydrogen (secondary N) is 1. The van der Waals surface area contributed by atoms with E-state index in [4.69, 9.17) is 4.74 Å². The first-order chi connectivity index (χ1) is 10.8. The van der Waals surface area contributed by atoms with E-state index in [-0.39, 0.29) is 6.10 Å². The molecule has 0 amide bonds. The molecule has 1 aliphatic rings. The zero-order chi connectivity index (χ0) is 14.9. The van der Waals surface area contributed by atoms with Crippen LogP contribution in [0.4, 0.5) is 11.5 Å². The summed E-state index contributed by atoms with van der Waals surface area (Å²) in [5.74, 6) is 0.731. The van der Waals surface area contributed by atoms with Crippen molar-refractivity contribution in [2.45, 2.75) is 25.5 Å². The predicted octanol–water partition coefficient (Wildman–Crippen LogP) is 1.48. The van der Waals surface area contributed by atoms with Crippen LogP contribution < -0.4 is 5.32 Å². The lowest BCUT2D eigenvalue weighted by atomic mass is 10.2. The Kier molecular flexibility index (Phi) is 3.23. The van der Waals surface area contributed by atoms with Crippen molar-refractivity contribution in [1.82, 2.24) is 29.5 Å². The van der Waals surface area contributed by atoms with Crippen LogP contribution in [0.3, 0.4) is 0 Å². The molecule has 0 aromatic carbocycles. The van der Waals surface area contributed by atoms with Gasteiger partial charge in [0.05, 0.1) is 36.1 Å². The number of ether oxygens (including phenoxy) is 1. The second-order valence-electron chi connectivity index (χ2n) is 5.44. The van der Waals surface area contributed by atoms with Crippen molar-refractivity contribution in [2.75, 3.05) is 11.9 Å². The number of rotatable bonds is 4. The van der Waals surface area contributed by atoms with Crippen molar-refractivity contribution >= 4 is 22.5 Å². The lowest BCUT2D eigenvalue weighted by Gasteiger charge is -2.08. The molecule has 114 valence electrons. The molecule has 1 N–H and O–H groups in total. The van der Waals surface area contributed by atoms with E-state index >= 15 is 0 Å². The molecule has 0 bridgehead atoms. The molecule has 8 nitrogen and oxygen atoms in total. The van der Waals surface area contributed by atoms with Crippen molar-refractivity contribution in [2.24, 2.45) is 7.05 Å². The zero-order valence-electron chi connectivity index (χ0n) is 12.3. The van der Waals surface area contributed by atoms with Crippen LogP contribution in [-0.2, 0) is 18.3 Å². The van der Waals surface area contributed by atoms with E-state index in [1.165, 1.54) is 6.33 Å². The quantitative estimate of drug-likeness (QED) is 0.786. The molecule has 3 aromatic rings. The van der Waals surface area contributed by atoms with Crippen LogP contribution in [0, 0.1) is 0 Å². The van der Waals surface area contributed by atoms with Crippen LogP contribution in [0.1, 0.15) is 12.8 Å². The highest BCUT2D eigenvalue weighted by Crippen LogP contribution is 2.22. The average Bonchev–Trinajstić information content (AvgIpc) is 3.24. The van der Waals surface area contributed by atoms with Gasteiger partial charge in [-0.3, -0.25) is 9.36 Å². The number of fused-ring (bicyclic) bond motifs is 1. The number of hydrogen-bond acceptors (Lipinski definition) is 6. The van der Waals surface area contributed by atoms with E-state index in [0.717, 1.165) is 48.5 Å². The van der Waals surface area contributed by atoms with Gasteiger partial charge in [-0.1, -0.05) is 0 Å². The number of aryl methyl sites for hydroxylation is 1. The minimum absolute atomic E-state index is 0.275. The van der Waals surface area contributed by atoms with Crippen LogP contribution in [0.5, 0.6) is 0 Å². The van der Waals surface area contributed by atoms with Gasteiger partial charge in [-0.05, 0) is 12.8 Å². The van der Waals surface area contributed by atoms with Gasteiger partial charge in [0.15, 0.2) is 5.65 Å². The fourth-order valence-corrected chi connectivity index (χ4v) is 2.72. The molecule has 0 spiro atoms. The molecule has 22 heavy (non-hydrogen) atoms. The summed E-state index contributed by atoms with van der Waals surface area (Å²) >= 11 is 0. The number of aromatic nitrogens is 6. The van der Waals surface area contributed by atoms with Gasteiger partial charge in [0.2, 0.25) is 0 Å². The summed E-state index contributed by atoms with van der Waals surface area (Å²) in [7, 11) is 1.86. The molecular weight excluding hydrogens is 282 g/mol.